The number of ether oxygens (including phenoxy) is 2. The summed E-state index contributed by atoms with van der Waals surface area (Å²) in [6.45, 7) is 1.07. The van der Waals surface area contributed by atoms with Crippen molar-refractivity contribution in [1.82, 2.24) is 0 Å². The van der Waals surface area contributed by atoms with Crippen LogP contribution in [0.2, 0.25) is 0 Å². The maximum Gasteiger partial charge on any atom is 0.414 e. The number of nitrogens with zero attached hydrogens (tertiary/aromatic N) is 2. The molecule has 0 bridgehead atoms. The van der Waals surface area contributed by atoms with Gasteiger partial charge in [-0.3, -0.25) is 9.80 Å². The number of carbonyl (C=O) groups is 2. The van der Waals surface area contributed by atoms with Gasteiger partial charge >= 0.3 is 12.2 Å². The number of anilines is 2. The van der Waals surface area contributed by atoms with Crippen LogP contribution in [-0.2, 0) is 9.47 Å². The molecule has 4 N–H and O–H groups in total. The minimum atomic E-state index is -0.545. The highest BCUT2D eigenvalue weighted by atomic mass is 19.1. The Morgan fingerprint density at radius 3 is 2.00 bits per heavy atom. The summed E-state index contributed by atoms with van der Waals surface area (Å²) < 4.78 is 25.2. The van der Waals surface area contributed by atoms with Gasteiger partial charge in [0.05, 0.1) is 18.8 Å². The van der Waals surface area contributed by atoms with Crippen molar-refractivity contribution in [3.63, 3.8) is 0 Å². The second kappa shape index (κ2) is 7.69. The highest BCUT2D eigenvalue weighted by molar-refractivity contribution is 5.92. The van der Waals surface area contributed by atoms with Crippen LogP contribution in [0, 0.1) is 5.82 Å². The van der Waals surface area contributed by atoms with Gasteiger partial charge < -0.3 is 20.9 Å². The Bertz CT molecular complexity index is 954. The summed E-state index contributed by atoms with van der Waals surface area (Å²) in [6.07, 6.45) is -1.79. The molecule has 8 nitrogen and oxygen atoms in total. The van der Waals surface area contributed by atoms with E-state index in [2.05, 4.69) is 0 Å². The molecule has 2 aliphatic heterocycles. The quantitative estimate of drug-likeness (QED) is 0.795. The van der Waals surface area contributed by atoms with E-state index in [1.165, 1.54) is 15.9 Å². The lowest BCUT2D eigenvalue weighted by Gasteiger charge is -2.16. The number of carbonyl (C=O) groups excluding carboxylic acids is 2. The molecule has 152 valence electrons. The van der Waals surface area contributed by atoms with Crippen molar-refractivity contribution in [2.45, 2.75) is 12.2 Å². The van der Waals surface area contributed by atoms with Crippen LogP contribution >= 0.6 is 0 Å². The van der Waals surface area contributed by atoms with Gasteiger partial charge in [-0.25, -0.2) is 14.0 Å². The van der Waals surface area contributed by atoms with Crippen LogP contribution in [-0.4, -0.2) is 50.6 Å². The maximum atomic E-state index is 14.9. The monoisotopic (exact) mass is 400 g/mol. The smallest absolute Gasteiger partial charge is 0.414 e. The molecule has 0 aromatic heterocycles. The van der Waals surface area contributed by atoms with E-state index in [4.69, 9.17) is 20.9 Å². The SMILES string of the molecule is NC[C@H]1CN(c2cccc(-c3ccc(N4C[C@H](CN)OC4=O)cc3F)c2)C(=O)O1. The standard InChI is InChI=1S/C20H21FN4O4/c21-18-7-14(25-11-16(9-23)29-20(25)27)4-5-17(18)12-2-1-3-13(6-12)24-10-15(8-22)28-19(24)26/h1-7,15-16H,8-11,22-23H2/t15-,16-/m0/s1. The molecule has 2 atom stereocenters. The fraction of sp³-hybridized carbons (Fsp3) is 0.300. The summed E-state index contributed by atoms with van der Waals surface area (Å²) in [4.78, 5) is 26.8. The van der Waals surface area contributed by atoms with Crippen LogP contribution < -0.4 is 21.3 Å². The zero-order valence-electron chi connectivity index (χ0n) is 15.6. The van der Waals surface area contributed by atoms with Gasteiger partial charge in [0.15, 0.2) is 0 Å². The molecule has 0 spiro atoms. The molecule has 0 saturated carbocycles. The van der Waals surface area contributed by atoms with Crippen molar-refractivity contribution in [3.8, 4) is 11.1 Å². The van der Waals surface area contributed by atoms with Crippen LogP contribution in [0.4, 0.5) is 25.4 Å². The zero-order chi connectivity index (χ0) is 20.5. The van der Waals surface area contributed by atoms with Crippen LogP contribution in [0.3, 0.4) is 0 Å². The lowest BCUT2D eigenvalue weighted by Crippen LogP contribution is -2.27. The minimum Gasteiger partial charge on any atom is -0.443 e. The Hall–Kier alpha value is -3.17. The van der Waals surface area contributed by atoms with Crippen molar-refractivity contribution < 1.29 is 23.5 Å². The lowest BCUT2D eigenvalue weighted by molar-refractivity contribution is 0.144. The highest BCUT2D eigenvalue weighted by Crippen LogP contribution is 2.32. The van der Waals surface area contributed by atoms with Crippen molar-refractivity contribution >= 4 is 23.6 Å². The molecule has 2 aromatic rings. The van der Waals surface area contributed by atoms with E-state index in [1.54, 1.807) is 36.4 Å². The molecule has 29 heavy (non-hydrogen) atoms. The number of rotatable bonds is 5. The molecule has 0 radical (unpaired) electrons. The average molecular weight is 400 g/mol. The molecule has 2 aliphatic rings. The average Bonchev–Trinajstić information content (AvgIpc) is 3.30. The molecular weight excluding hydrogens is 379 g/mol. The van der Waals surface area contributed by atoms with Gasteiger partial charge in [-0.1, -0.05) is 12.1 Å². The van der Waals surface area contributed by atoms with Gasteiger partial charge in [0.25, 0.3) is 0 Å². The molecule has 4 rings (SSSR count). The summed E-state index contributed by atoms with van der Waals surface area (Å²) in [5.41, 5.74) is 13.1. The normalized spacial score (nSPS) is 21.5. The lowest BCUT2D eigenvalue weighted by atomic mass is 10.0. The summed E-state index contributed by atoms with van der Waals surface area (Å²) in [5, 5.41) is 0. The maximum absolute atomic E-state index is 14.9. The second-order valence-corrected chi connectivity index (χ2v) is 6.92. The van der Waals surface area contributed by atoms with Crippen molar-refractivity contribution in [1.29, 1.82) is 0 Å². The fourth-order valence-electron chi connectivity index (χ4n) is 3.46. The number of hydrogen-bond acceptors (Lipinski definition) is 6. The van der Waals surface area contributed by atoms with E-state index in [1.807, 2.05) is 0 Å². The molecule has 2 aromatic carbocycles. The van der Waals surface area contributed by atoms with E-state index >= 15 is 0 Å². The molecule has 0 unspecified atom stereocenters. The van der Waals surface area contributed by atoms with Gasteiger partial charge in [-0.2, -0.15) is 0 Å². The van der Waals surface area contributed by atoms with E-state index in [9.17, 15) is 14.0 Å². The van der Waals surface area contributed by atoms with Crippen LogP contribution in [0.25, 0.3) is 11.1 Å². The van der Waals surface area contributed by atoms with E-state index in [0.717, 1.165) is 0 Å². The Balaban J connectivity index is 1.59. The summed E-state index contributed by atoms with van der Waals surface area (Å²) >= 11 is 0. The zero-order valence-corrected chi connectivity index (χ0v) is 15.6. The molecule has 0 aliphatic carbocycles. The third kappa shape index (κ3) is 3.62. The third-order valence-corrected chi connectivity index (χ3v) is 5.01. The Morgan fingerprint density at radius 2 is 1.48 bits per heavy atom. The van der Waals surface area contributed by atoms with Gasteiger partial charge in [-0.15, -0.1) is 0 Å². The van der Waals surface area contributed by atoms with Crippen molar-refractivity contribution in [3.05, 3.63) is 48.3 Å². The number of hydrogen-bond donors (Lipinski definition) is 2. The van der Waals surface area contributed by atoms with Crippen LogP contribution in [0.1, 0.15) is 0 Å². The summed E-state index contributed by atoms with van der Waals surface area (Å²) in [7, 11) is 0. The second-order valence-electron chi connectivity index (χ2n) is 6.92. The first kappa shape index (κ1) is 19.2. The Morgan fingerprint density at radius 1 is 0.897 bits per heavy atom. The Labute approximate surface area is 166 Å². The van der Waals surface area contributed by atoms with Gasteiger partial charge in [0, 0.05) is 24.3 Å². The number of halogens is 1. The molecule has 2 heterocycles. The number of amides is 2. The number of nitrogens with two attached hydrogens (primary N) is 2. The predicted molar refractivity (Wildman–Crippen MR) is 105 cm³/mol. The fourth-order valence-corrected chi connectivity index (χ4v) is 3.46. The summed E-state index contributed by atoms with van der Waals surface area (Å²) in [6, 6.07) is 11.5. The van der Waals surface area contributed by atoms with Crippen molar-refractivity contribution in [2.24, 2.45) is 11.5 Å². The highest BCUT2D eigenvalue weighted by Gasteiger charge is 2.33. The first-order chi connectivity index (χ1) is 14.0. The molecule has 2 amide bonds. The topological polar surface area (TPSA) is 111 Å². The largest absolute Gasteiger partial charge is 0.443 e. The molecule has 9 heteroatoms. The first-order valence-corrected chi connectivity index (χ1v) is 9.26. The third-order valence-electron chi connectivity index (χ3n) is 5.01. The molecular formula is C20H21FN4O4. The van der Waals surface area contributed by atoms with Crippen LogP contribution in [0.15, 0.2) is 42.5 Å². The number of cyclic esters (lactones) is 2. The van der Waals surface area contributed by atoms with E-state index < -0.39 is 24.1 Å². The minimum absolute atomic E-state index is 0.208. The van der Waals surface area contributed by atoms with Crippen molar-refractivity contribution in [2.75, 3.05) is 36.0 Å². The summed E-state index contributed by atoms with van der Waals surface area (Å²) in [5.74, 6) is -0.493. The van der Waals surface area contributed by atoms with Crippen LogP contribution in [0.5, 0.6) is 0 Å². The van der Waals surface area contributed by atoms with Gasteiger partial charge in [0.1, 0.15) is 18.0 Å². The Kier molecular flexibility index (Phi) is 5.08. The van der Waals surface area contributed by atoms with Gasteiger partial charge in [0.2, 0.25) is 0 Å². The van der Waals surface area contributed by atoms with E-state index in [-0.39, 0.29) is 25.7 Å². The van der Waals surface area contributed by atoms with E-state index in [0.29, 0.717) is 29.0 Å². The molecule has 2 saturated heterocycles. The molecule has 2 fully saturated rings. The predicted octanol–water partition coefficient (Wildman–Crippen LogP) is 2.06. The number of benzene rings is 2. The van der Waals surface area contributed by atoms with Gasteiger partial charge in [-0.05, 0) is 35.9 Å². The first-order valence-electron chi connectivity index (χ1n) is 9.26.